The van der Waals surface area contributed by atoms with Crippen LogP contribution in [0, 0.1) is 17.3 Å². The van der Waals surface area contributed by atoms with Crippen molar-refractivity contribution in [1.29, 1.82) is 0 Å². The van der Waals surface area contributed by atoms with Gasteiger partial charge in [0.1, 0.15) is 6.04 Å². The van der Waals surface area contributed by atoms with Crippen molar-refractivity contribution in [2.75, 3.05) is 39.9 Å². The van der Waals surface area contributed by atoms with Crippen molar-refractivity contribution in [2.24, 2.45) is 17.3 Å². The number of aromatic amines is 1. The third kappa shape index (κ3) is 6.67. The van der Waals surface area contributed by atoms with Crippen molar-refractivity contribution in [3.05, 3.63) is 70.9 Å². The van der Waals surface area contributed by atoms with Crippen molar-refractivity contribution < 1.29 is 24.2 Å². The number of fused-ring (bicyclic) bond motifs is 6. The van der Waals surface area contributed by atoms with Crippen LogP contribution in [0.2, 0.25) is 0 Å². The lowest BCUT2D eigenvalue weighted by atomic mass is 9.49. The molecule has 246 valence electrons. The average Bonchev–Trinajstić information content (AvgIpc) is 3.37. The lowest BCUT2D eigenvalue weighted by molar-refractivity contribution is -0.132. The summed E-state index contributed by atoms with van der Waals surface area (Å²) in [4.78, 5) is 32.5. The summed E-state index contributed by atoms with van der Waals surface area (Å²) < 4.78 is 11.9. The highest BCUT2D eigenvalue weighted by Crippen LogP contribution is 2.59. The highest BCUT2D eigenvalue weighted by atomic mass is 16.5. The highest BCUT2D eigenvalue weighted by Gasteiger charge is 2.51. The minimum Gasteiger partial charge on any atom is -0.493 e. The van der Waals surface area contributed by atoms with E-state index in [0.717, 1.165) is 40.1 Å². The highest BCUT2D eigenvalue weighted by molar-refractivity contribution is 5.89. The Morgan fingerprint density at radius 2 is 2.00 bits per heavy atom. The van der Waals surface area contributed by atoms with Gasteiger partial charge in [0.15, 0.2) is 11.5 Å². The van der Waals surface area contributed by atoms with E-state index in [-0.39, 0.29) is 23.8 Å². The van der Waals surface area contributed by atoms with Crippen LogP contribution >= 0.6 is 0 Å². The molecule has 4 N–H and O–H groups in total. The second-order valence-electron chi connectivity index (χ2n) is 13.9. The van der Waals surface area contributed by atoms with Gasteiger partial charge in [-0.25, -0.2) is 0 Å². The number of rotatable bonds is 4. The van der Waals surface area contributed by atoms with Crippen molar-refractivity contribution in [3.63, 3.8) is 0 Å². The number of hydrogen-bond acceptors (Lipinski definition) is 6. The van der Waals surface area contributed by atoms with Gasteiger partial charge in [0.25, 0.3) is 0 Å². The third-order valence-electron chi connectivity index (χ3n) is 10.5. The lowest BCUT2D eigenvalue weighted by Crippen LogP contribution is -2.55. The summed E-state index contributed by atoms with van der Waals surface area (Å²) in [6, 6.07) is 13.2. The number of nitrogens with one attached hydrogen (secondary N) is 3. The predicted molar refractivity (Wildman–Crippen MR) is 179 cm³/mol. The molecule has 1 aromatic heterocycles. The van der Waals surface area contributed by atoms with Gasteiger partial charge in [0, 0.05) is 42.7 Å². The molecule has 2 heterocycles. The van der Waals surface area contributed by atoms with Crippen LogP contribution in [-0.4, -0.2) is 78.8 Å². The maximum Gasteiger partial charge on any atom is 0.245 e. The first kappa shape index (κ1) is 32.1. The number of para-hydroxylation sites is 1. The number of aromatic nitrogens is 1. The van der Waals surface area contributed by atoms with E-state index in [1.165, 1.54) is 18.9 Å². The number of aliphatic hydroxyl groups excluding tert-OH is 1. The van der Waals surface area contributed by atoms with Crippen LogP contribution in [0.1, 0.15) is 56.9 Å². The van der Waals surface area contributed by atoms with E-state index in [0.29, 0.717) is 62.9 Å². The fraction of sp³-hybridized carbons (Fsp3) is 0.514. The summed E-state index contributed by atoms with van der Waals surface area (Å²) in [5, 5.41) is 17.4. The molecule has 2 amide bonds. The molecule has 4 atom stereocenters. The number of hydrogen-bond donors (Lipinski definition) is 4. The Hall–Kier alpha value is -3.82. The summed E-state index contributed by atoms with van der Waals surface area (Å²) in [6.45, 7) is 8.55. The van der Waals surface area contributed by atoms with E-state index in [1.54, 1.807) is 7.11 Å². The molecule has 9 heteroatoms. The zero-order valence-electron chi connectivity index (χ0n) is 27.5. The maximum absolute atomic E-state index is 13.4. The van der Waals surface area contributed by atoms with E-state index in [4.69, 9.17) is 9.47 Å². The molecule has 4 bridgehead atoms. The first-order valence-electron chi connectivity index (χ1n) is 16.7. The van der Waals surface area contributed by atoms with Gasteiger partial charge in [-0.05, 0) is 79.2 Å². The minimum absolute atomic E-state index is 0.127. The zero-order chi connectivity index (χ0) is 32.4. The van der Waals surface area contributed by atoms with Crippen molar-refractivity contribution in [1.82, 2.24) is 20.5 Å². The molecule has 1 aliphatic heterocycles. The van der Waals surface area contributed by atoms with Crippen LogP contribution in [0.25, 0.3) is 10.9 Å². The summed E-state index contributed by atoms with van der Waals surface area (Å²) in [5.41, 5.74) is 6.00. The number of nitrogens with zero attached hydrogens (tertiary/aromatic N) is 1. The summed E-state index contributed by atoms with van der Waals surface area (Å²) in [6.07, 6.45) is 5.58. The second-order valence-corrected chi connectivity index (χ2v) is 13.9. The molecule has 3 aromatic rings. The fourth-order valence-electron chi connectivity index (χ4n) is 7.69. The topological polar surface area (TPSA) is 116 Å². The van der Waals surface area contributed by atoms with E-state index >= 15 is 0 Å². The van der Waals surface area contributed by atoms with Crippen LogP contribution in [-0.2, 0) is 22.4 Å². The first-order chi connectivity index (χ1) is 22.1. The zero-order valence-corrected chi connectivity index (χ0v) is 27.5. The predicted octanol–water partition coefficient (Wildman–Crippen LogP) is 4.37. The van der Waals surface area contributed by atoms with E-state index in [1.807, 2.05) is 24.3 Å². The largest absolute Gasteiger partial charge is 0.493 e. The average molecular weight is 629 g/mol. The quantitative estimate of drug-likeness (QED) is 0.319. The van der Waals surface area contributed by atoms with E-state index in [9.17, 15) is 14.7 Å². The SMILES string of the molecule is COc1ccc2cc1OCCCN(CC1=CC[C@H]3C[C@@H]1C3(C)C)CC(=O)N[C@@H]([C@@H](C)O)C(=O)NCCc1c([nH]c3ccccc13)C2. The molecule has 2 aromatic carbocycles. The Bertz CT molecular complexity index is 1610. The monoisotopic (exact) mass is 628 g/mol. The number of methoxy groups -OCH3 is 1. The Kier molecular flexibility index (Phi) is 9.43. The van der Waals surface area contributed by atoms with Crippen LogP contribution < -0.4 is 20.1 Å². The second kappa shape index (κ2) is 13.5. The molecule has 1 saturated carbocycles. The molecule has 46 heavy (non-hydrogen) atoms. The number of allylic oxidation sites excluding steroid dienone is 1. The minimum atomic E-state index is -1.05. The van der Waals surface area contributed by atoms with Crippen LogP contribution in [0.15, 0.2) is 54.1 Å². The number of H-pyrrole nitrogens is 1. The molecular weight excluding hydrogens is 580 g/mol. The molecule has 0 saturated heterocycles. The number of aliphatic hydroxyl groups is 1. The number of carbonyl (C=O) groups excluding carboxylic acids is 2. The molecule has 0 unspecified atom stereocenters. The standard InChI is InChI=1S/C37H48N4O5/c1-23(42)35-36(44)38-15-14-28-27-8-5-6-9-30(27)39-31(28)18-24-10-13-32(45-4)33(19-24)46-17-7-16-41(22-34(43)40-35)21-25-11-12-26-20-29(25)37(26,2)3/h5-6,8-11,13,19,23,26,29,35,39,42H,7,12,14-18,20-22H2,1-4H3,(H,38,44)(H,40,43)/t23-,26+,29+,35+/m1/s1. The lowest BCUT2D eigenvalue weighted by Gasteiger charge is -2.57. The number of benzene rings is 2. The number of carbonyl (C=O) groups is 2. The Morgan fingerprint density at radius 1 is 1.17 bits per heavy atom. The van der Waals surface area contributed by atoms with Gasteiger partial charge in [-0.1, -0.05) is 49.8 Å². The van der Waals surface area contributed by atoms with Gasteiger partial charge in [0.05, 0.1) is 26.4 Å². The van der Waals surface area contributed by atoms with Crippen LogP contribution in [0.3, 0.4) is 0 Å². The summed E-state index contributed by atoms with van der Waals surface area (Å²) in [5.74, 6) is 1.98. The molecule has 0 spiro atoms. The number of amides is 2. The van der Waals surface area contributed by atoms with Gasteiger partial charge in [-0.15, -0.1) is 0 Å². The smallest absolute Gasteiger partial charge is 0.245 e. The van der Waals surface area contributed by atoms with Crippen LogP contribution in [0.4, 0.5) is 0 Å². The fourth-order valence-corrected chi connectivity index (χ4v) is 7.69. The first-order valence-corrected chi connectivity index (χ1v) is 16.7. The van der Waals surface area contributed by atoms with Gasteiger partial charge in [-0.2, -0.15) is 0 Å². The summed E-state index contributed by atoms with van der Waals surface area (Å²) in [7, 11) is 1.65. The van der Waals surface area contributed by atoms with Gasteiger partial charge in [0.2, 0.25) is 11.8 Å². The number of ether oxygens (including phenoxy) is 2. The Labute approximate surface area is 271 Å². The van der Waals surface area contributed by atoms with Crippen molar-refractivity contribution in [3.8, 4) is 11.5 Å². The molecule has 0 radical (unpaired) electrons. The molecule has 3 aliphatic carbocycles. The van der Waals surface area contributed by atoms with Gasteiger partial charge in [-0.3, -0.25) is 14.5 Å². The Balaban J connectivity index is 1.26. The maximum atomic E-state index is 13.4. The normalized spacial score (nSPS) is 24.9. The van der Waals surface area contributed by atoms with Crippen LogP contribution in [0.5, 0.6) is 11.5 Å². The third-order valence-corrected chi connectivity index (χ3v) is 10.5. The summed E-state index contributed by atoms with van der Waals surface area (Å²) >= 11 is 0. The molecular formula is C37H48N4O5. The molecule has 7 rings (SSSR count). The van der Waals surface area contributed by atoms with E-state index < -0.39 is 12.1 Å². The van der Waals surface area contributed by atoms with Gasteiger partial charge >= 0.3 is 0 Å². The van der Waals surface area contributed by atoms with E-state index in [2.05, 4.69) is 58.6 Å². The van der Waals surface area contributed by atoms with Crippen molar-refractivity contribution in [2.45, 2.75) is 65.0 Å². The molecule has 9 nitrogen and oxygen atoms in total. The van der Waals surface area contributed by atoms with Gasteiger partial charge < -0.3 is 30.2 Å². The molecule has 4 aliphatic rings. The van der Waals surface area contributed by atoms with Crippen molar-refractivity contribution >= 4 is 22.7 Å². The molecule has 1 fully saturated rings. The Morgan fingerprint density at radius 3 is 2.76 bits per heavy atom.